The van der Waals surface area contributed by atoms with Gasteiger partial charge in [-0.3, -0.25) is 4.79 Å². The van der Waals surface area contributed by atoms with Gasteiger partial charge in [-0.2, -0.15) is 13.2 Å². The summed E-state index contributed by atoms with van der Waals surface area (Å²) in [6, 6.07) is 13.6. The van der Waals surface area contributed by atoms with Crippen molar-refractivity contribution in [2.24, 2.45) is 0 Å². The van der Waals surface area contributed by atoms with E-state index in [2.05, 4.69) is 0 Å². The maximum Gasteiger partial charge on any atom is 0.416 e. The normalized spacial score (nSPS) is 12.2. The van der Waals surface area contributed by atoms with Crippen LogP contribution in [0.5, 0.6) is 0 Å². The average Bonchev–Trinajstić information content (AvgIpc) is 2.45. The van der Waals surface area contributed by atoms with E-state index < -0.39 is 11.7 Å². The smallest absolute Gasteiger partial charge is 0.298 e. The van der Waals surface area contributed by atoms with E-state index in [0.717, 1.165) is 17.7 Å². The van der Waals surface area contributed by atoms with Crippen LogP contribution in [-0.4, -0.2) is 6.29 Å². The highest BCUT2D eigenvalue weighted by Crippen LogP contribution is 2.29. The van der Waals surface area contributed by atoms with Crippen LogP contribution in [0, 0.1) is 0 Å². The monoisotopic (exact) mass is 276 g/mol. The van der Waals surface area contributed by atoms with Gasteiger partial charge in [0.25, 0.3) is 0 Å². The van der Waals surface area contributed by atoms with Gasteiger partial charge in [0.05, 0.1) is 5.56 Å². The number of rotatable bonds is 3. The van der Waals surface area contributed by atoms with E-state index in [0.29, 0.717) is 17.4 Å². The van der Waals surface area contributed by atoms with Crippen molar-refractivity contribution < 1.29 is 18.0 Å². The van der Waals surface area contributed by atoms with Crippen LogP contribution < -0.4 is 0 Å². The predicted octanol–water partition coefficient (Wildman–Crippen LogP) is 4.44. The first-order chi connectivity index (χ1) is 9.50. The molecule has 0 bridgehead atoms. The van der Waals surface area contributed by atoms with Crippen LogP contribution in [0.1, 0.15) is 16.7 Å². The molecule has 2 rings (SSSR count). The minimum absolute atomic E-state index is 0.422. The summed E-state index contributed by atoms with van der Waals surface area (Å²) in [6.07, 6.45) is -2.11. The fraction of sp³-hybridized carbons (Fsp3) is 0.0625. The molecule has 1 nitrogen and oxygen atoms in total. The summed E-state index contributed by atoms with van der Waals surface area (Å²) >= 11 is 0. The molecule has 0 unspecified atom stereocenters. The zero-order chi connectivity index (χ0) is 14.6. The highest BCUT2D eigenvalue weighted by Gasteiger charge is 2.29. The third kappa shape index (κ3) is 3.35. The summed E-state index contributed by atoms with van der Waals surface area (Å²) in [7, 11) is 0. The SMILES string of the molecule is O=C/C(=C/c1ccc(C(F)(F)F)cc1)c1ccccc1. The maximum atomic E-state index is 12.4. The molecule has 0 aliphatic rings. The minimum Gasteiger partial charge on any atom is -0.298 e. The number of hydrogen-bond donors (Lipinski definition) is 0. The Morgan fingerprint density at radius 3 is 2.00 bits per heavy atom. The first-order valence-corrected chi connectivity index (χ1v) is 5.90. The Morgan fingerprint density at radius 2 is 1.50 bits per heavy atom. The zero-order valence-electron chi connectivity index (χ0n) is 10.4. The lowest BCUT2D eigenvalue weighted by atomic mass is 10.0. The summed E-state index contributed by atoms with van der Waals surface area (Å²) in [5.74, 6) is 0. The van der Waals surface area contributed by atoms with Gasteiger partial charge >= 0.3 is 6.18 Å². The maximum absolute atomic E-state index is 12.4. The molecule has 20 heavy (non-hydrogen) atoms. The summed E-state index contributed by atoms with van der Waals surface area (Å²) in [5.41, 5.74) is 0.985. The number of benzene rings is 2. The first kappa shape index (κ1) is 14.1. The van der Waals surface area contributed by atoms with Gasteiger partial charge in [-0.25, -0.2) is 0 Å². The van der Waals surface area contributed by atoms with Crippen molar-refractivity contribution >= 4 is 17.9 Å². The topological polar surface area (TPSA) is 17.1 Å². The molecule has 0 aromatic heterocycles. The summed E-state index contributed by atoms with van der Waals surface area (Å²) in [5, 5.41) is 0. The van der Waals surface area contributed by atoms with E-state index in [1.165, 1.54) is 12.1 Å². The molecular formula is C16H11F3O. The Kier molecular flexibility index (Phi) is 4.03. The largest absolute Gasteiger partial charge is 0.416 e. The average molecular weight is 276 g/mol. The number of carbonyl (C=O) groups is 1. The van der Waals surface area contributed by atoms with Gasteiger partial charge in [0.1, 0.15) is 0 Å². The fourth-order valence-electron chi connectivity index (χ4n) is 1.76. The lowest BCUT2D eigenvalue weighted by molar-refractivity contribution is -0.137. The van der Waals surface area contributed by atoms with Crippen LogP contribution in [0.25, 0.3) is 11.6 Å². The zero-order valence-corrected chi connectivity index (χ0v) is 10.4. The lowest BCUT2D eigenvalue weighted by Gasteiger charge is -2.06. The van der Waals surface area contributed by atoms with E-state index in [1.807, 2.05) is 6.07 Å². The number of halogens is 3. The second kappa shape index (κ2) is 5.74. The molecule has 0 radical (unpaired) electrons. The highest BCUT2D eigenvalue weighted by atomic mass is 19.4. The number of hydrogen-bond acceptors (Lipinski definition) is 1. The molecule has 102 valence electrons. The molecule has 0 atom stereocenters. The molecular weight excluding hydrogens is 265 g/mol. The second-order valence-electron chi connectivity index (χ2n) is 4.20. The molecule has 0 aliphatic heterocycles. The standard InChI is InChI=1S/C16H11F3O/c17-16(18,19)15-8-6-12(7-9-15)10-14(11-20)13-4-2-1-3-5-13/h1-11H/b14-10-. The first-order valence-electron chi connectivity index (χ1n) is 5.90. The number of carbonyl (C=O) groups excluding carboxylic acids is 1. The van der Waals surface area contributed by atoms with Crippen molar-refractivity contribution in [2.45, 2.75) is 6.18 Å². The number of aldehydes is 1. The summed E-state index contributed by atoms with van der Waals surface area (Å²) < 4.78 is 37.3. The molecule has 2 aromatic carbocycles. The lowest BCUT2D eigenvalue weighted by Crippen LogP contribution is -2.04. The highest BCUT2D eigenvalue weighted by molar-refractivity contribution is 6.13. The Balaban J connectivity index is 2.32. The molecule has 0 amide bonds. The van der Waals surface area contributed by atoms with E-state index in [-0.39, 0.29) is 0 Å². The Morgan fingerprint density at radius 1 is 0.900 bits per heavy atom. The molecule has 2 aromatic rings. The van der Waals surface area contributed by atoms with Crippen molar-refractivity contribution in [3.8, 4) is 0 Å². The Bertz CT molecular complexity index is 610. The molecule has 0 N–H and O–H groups in total. The van der Waals surface area contributed by atoms with Gasteiger partial charge in [-0.05, 0) is 29.3 Å². The molecule has 0 spiro atoms. The van der Waals surface area contributed by atoms with Gasteiger partial charge in [0.15, 0.2) is 6.29 Å². The van der Waals surface area contributed by atoms with Crippen LogP contribution in [0.2, 0.25) is 0 Å². The third-order valence-corrected chi connectivity index (χ3v) is 2.79. The van der Waals surface area contributed by atoms with Crippen molar-refractivity contribution in [1.29, 1.82) is 0 Å². The molecule has 4 heteroatoms. The number of allylic oxidation sites excluding steroid dienone is 1. The van der Waals surface area contributed by atoms with Crippen molar-refractivity contribution in [1.82, 2.24) is 0 Å². The van der Waals surface area contributed by atoms with Gasteiger partial charge < -0.3 is 0 Å². The van der Waals surface area contributed by atoms with Crippen LogP contribution >= 0.6 is 0 Å². The van der Waals surface area contributed by atoms with Gasteiger partial charge in [-0.1, -0.05) is 42.5 Å². The van der Waals surface area contributed by atoms with Gasteiger partial charge in [0, 0.05) is 5.57 Å². The van der Waals surface area contributed by atoms with Crippen LogP contribution in [0.15, 0.2) is 54.6 Å². The van der Waals surface area contributed by atoms with Crippen LogP contribution in [0.3, 0.4) is 0 Å². The summed E-state index contributed by atoms with van der Waals surface area (Å²) in [4.78, 5) is 11.1. The van der Waals surface area contributed by atoms with Gasteiger partial charge in [0.2, 0.25) is 0 Å². The van der Waals surface area contributed by atoms with E-state index in [1.54, 1.807) is 30.3 Å². The predicted molar refractivity (Wildman–Crippen MR) is 71.8 cm³/mol. The minimum atomic E-state index is -4.35. The van der Waals surface area contributed by atoms with Crippen LogP contribution in [-0.2, 0) is 11.0 Å². The van der Waals surface area contributed by atoms with Crippen molar-refractivity contribution in [2.75, 3.05) is 0 Å². The van der Waals surface area contributed by atoms with Crippen molar-refractivity contribution in [3.05, 3.63) is 71.3 Å². The van der Waals surface area contributed by atoms with Gasteiger partial charge in [-0.15, -0.1) is 0 Å². The van der Waals surface area contributed by atoms with Crippen molar-refractivity contribution in [3.63, 3.8) is 0 Å². The van der Waals surface area contributed by atoms with Crippen LogP contribution in [0.4, 0.5) is 13.2 Å². The molecule has 0 saturated heterocycles. The fourth-order valence-corrected chi connectivity index (χ4v) is 1.76. The molecule has 0 saturated carbocycles. The van der Waals surface area contributed by atoms with E-state index in [4.69, 9.17) is 0 Å². The second-order valence-corrected chi connectivity index (χ2v) is 4.20. The molecule has 0 aliphatic carbocycles. The Hall–Kier alpha value is -2.36. The third-order valence-electron chi connectivity index (χ3n) is 2.79. The summed E-state index contributed by atoms with van der Waals surface area (Å²) in [6.45, 7) is 0. The Labute approximate surface area is 114 Å². The van der Waals surface area contributed by atoms with E-state index >= 15 is 0 Å². The molecule has 0 heterocycles. The quantitative estimate of drug-likeness (QED) is 0.460. The molecule has 0 fully saturated rings. The van der Waals surface area contributed by atoms with E-state index in [9.17, 15) is 18.0 Å². The number of alkyl halides is 3.